The summed E-state index contributed by atoms with van der Waals surface area (Å²) in [6, 6.07) is 13.3. The summed E-state index contributed by atoms with van der Waals surface area (Å²) >= 11 is 23.9. The maximum Gasteiger partial charge on any atom is 0 e. The molecule has 0 spiro atoms. The zero-order chi connectivity index (χ0) is 26.6. The molecule has 0 bridgehead atoms. The summed E-state index contributed by atoms with van der Waals surface area (Å²) in [4.78, 5) is 0. The summed E-state index contributed by atoms with van der Waals surface area (Å²) in [6.45, 7) is 5.56. The van der Waals surface area contributed by atoms with Crippen LogP contribution in [0.25, 0.3) is 16.9 Å². The second-order valence-electron chi connectivity index (χ2n) is 8.93. The molecule has 0 unspecified atom stereocenters. The Hall–Kier alpha value is -0.706. The quantitative estimate of drug-likeness (QED) is 0.219. The SMILES string of the molecule is CC(C)(C)[NH-].Cl.Cl.Clc1cc[c-]c(C2=CC=CC2)c1Cl.Clc1cc[c-]c(C2=CC=CC2)c1Cl.[C-]1=CC=CC1.[CH3-].[CH3-].[Ti]. The second kappa shape index (κ2) is 24.7. The Kier molecular flexibility index (Phi) is 28.5. The van der Waals surface area contributed by atoms with Gasteiger partial charge in [-0.25, -0.2) is 12.2 Å². The van der Waals surface area contributed by atoms with E-state index in [-0.39, 0.29) is 66.9 Å². The van der Waals surface area contributed by atoms with E-state index in [0.29, 0.717) is 20.1 Å². The predicted octanol–water partition coefficient (Wildman–Crippen LogP) is 13.2. The van der Waals surface area contributed by atoms with Crippen molar-refractivity contribution in [2.24, 2.45) is 0 Å². The van der Waals surface area contributed by atoms with Crippen LogP contribution in [0.3, 0.4) is 0 Å². The van der Waals surface area contributed by atoms with E-state index in [0.717, 1.165) is 30.4 Å². The van der Waals surface area contributed by atoms with Gasteiger partial charge in [-0.3, -0.25) is 6.08 Å². The van der Waals surface area contributed by atoms with Crippen molar-refractivity contribution in [3.8, 4) is 0 Å². The Morgan fingerprint density at radius 1 is 0.707 bits per heavy atom. The molecular formula is C33H37Cl6NTi-6. The van der Waals surface area contributed by atoms with Gasteiger partial charge >= 0.3 is 0 Å². The molecule has 0 amide bonds. The van der Waals surface area contributed by atoms with Crippen molar-refractivity contribution >= 4 is 82.4 Å². The van der Waals surface area contributed by atoms with E-state index in [2.05, 4.69) is 36.4 Å². The van der Waals surface area contributed by atoms with Gasteiger partial charge < -0.3 is 20.6 Å². The van der Waals surface area contributed by atoms with E-state index in [1.54, 1.807) is 24.3 Å². The van der Waals surface area contributed by atoms with Gasteiger partial charge in [-0.1, -0.05) is 45.1 Å². The Bertz CT molecular complexity index is 1110. The van der Waals surface area contributed by atoms with Crippen molar-refractivity contribution in [3.63, 3.8) is 0 Å². The van der Waals surface area contributed by atoms with Gasteiger partial charge in [0.25, 0.3) is 0 Å². The fourth-order valence-electron chi connectivity index (χ4n) is 2.98. The fourth-order valence-corrected chi connectivity index (χ4v) is 3.77. The van der Waals surface area contributed by atoms with Crippen LogP contribution < -0.4 is 0 Å². The van der Waals surface area contributed by atoms with Crippen LogP contribution in [0.15, 0.2) is 78.9 Å². The van der Waals surface area contributed by atoms with E-state index >= 15 is 0 Å². The Morgan fingerprint density at radius 3 is 1.34 bits per heavy atom. The summed E-state index contributed by atoms with van der Waals surface area (Å²) in [6.07, 6.45) is 24.1. The molecule has 0 radical (unpaired) electrons. The molecule has 1 N–H and O–H groups in total. The Labute approximate surface area is 296 Å². The first-order valence-corrected chi connectivity index (χ1v) is 13.0. The molecule has 226 valence electrons. The number of hydrogen-bond donors (Lipinski definition) is 0. The van der Waals surface area contributed by atoms with Gasteiger partial charge in [0.05, 0.1) is 0 Å². The molecule has 1 nitrogen and oxygen atoms in total. The van der Waals surface area contributed by atoms with Crippen LogP contribution in [-0.4, -0.2) is 5.54 Å². The molecule has 41 heavy (non-hydrogen) atoms. The molecule has 2 aromatic carbocycles. The van der Waals surface area contributed by atoms with Gasteiger partial charge in [0, 0.05) is 21.7 Å². The van der Waals surface area contributed by atoms with Gasteiger partial charge in [-0.2, -0.15) is 6.08 Å². The standard InChI is InChI=1S/2C11H7Cl2.C5H5.C4H10N.2CH3.2ClH.Ti/c2*12-10-7-3-6-9(11(10)13)8-4-1-2-5-8;1-2-4-5-3-1;1-4(2,3)5;;;;;/h2*1-4,7H,5H2;1-3H,4H2;5H,1-3H3;2*1H3;2*1H;/q6*-1;;;. The monoisotopic (exact) mass is 705 g/mol. The summed E-state index contributed by atoms with van der Waals surface area (Å²) in [5.74, 6) is 0. The van der Waals surface area contributed by atoms with Crippen molar-refractivity contribution in [1.82, 2.24) is 0 Å². The zero-order valence-corrected chi connectivity index (χ0v) is 30.2. The van der Waals surface area contributed by atoms with E-state index in [9.17, 15) is 0 Å². The molecular weight excluding hydrogens is 671 g/mol. The van der Waals surface area contributed by atoms with Crippen molar-refractivity contribution in [1.29, 1.82) is 0 Å². The molecule has 0 atom stereocenters. The third-order valence-corrected chi connectivity index (χ3v) is 6.15. The van der Waals surface area contributed by atoms with E-state index < -0.39 is 0 Å². The maximum atomic E-state index is 6.94. The molecule has 0 saturated carbocycles. The van der Waals surface area contributed by atoms with Gasteiger partial charge in [0.1, 0.15) is 0 Å². The first-order valence-electron chi connectivity index (χ1n) is 11.5. The third-order valence-electron chi connectivity index (χ3n) is 4.54. The number of halogens is 6. The number of nitrogens with one attached hydrogen (secondary N) is 1. The molecule has 0 aliphatic heterocycles. The number of rotatable bonds is 2. The molecule has 0 aromatic heterocycles. The molecule has 3 aliphatic rings. The molecule has 8 heteroatoms. The summed E-state index contributed by atoms with van der Waals surface area (Å²) in [5.41, 5.74) is 10.9. The summed E-state index contributed by atoms with van der Waals surface area (Å²) in [5, 5.41) is 2.37. The number of benzene rings is 2. The molecule has 0 saturated heterocycles. The average Bonchev–Trinajstić information content (AvgIpc) is 3.61. The van der Waals surface area contributed by atoms with E-state index in [4.69, 9.17) is 52.1 Å². The molecule has 3 aliphatic carbocycles. The predicted molar refractivity (Wildman–Crippen MR) is 187 cm³/mol. The summed E-state index contributed by atoms with van der Waals surface area (Å²) < 4.78 is 0. The van der Waals surface area contributed by atoms with Crippen LogP contribution in [0.4, 0.5) is 0 Å². The molecule has 2 aromatic rings. The number of hydrogen-bond acceptors (Lipinski definition) is 0. The fraction of sp³-hybridized carbons (Fsp3) is 0.212. The van der Waals surface area contributed by atoms with Crippen LogP contribution >= 0.6 is 71.2 Å². The normalized spacial score (nSPS) is 13.0. The summed E-state index contributed by atoms with van der Waals surface area (Å²) in [7, 11) is 0. The minimum absolute atomic E-state index is 0. The van der Waals surface area contributed by atoms with E-state index in [1.807, 2.05) is 57.2 Å². The number of allylic oxidation sites excluding steroid dienone is 12. The first kappa shape index (κ1) is 47.2. The van der Waals surface area contributed by atoms with Crippen LogP contribution in [-0.2, 0) is 21.7 Å². The maximum absolute atomic E-state index is 6.94. The minimum atomic E-state index is -0.250. The van der Waals surface area contributed by atoms with Gasteiger partial charge in [-0.05, 0) is 32.9 Å². The van der Waals surface area contributed by atoms with Crippen molar-refractivity contribution in [2.45, 2.75) is 45.6 Å². The van der Waals surface area contributed by atoms with Gasteiger partial charge in [-0.15, -0.1) is 154 Å². The van der Waals surface area contributed by atoms with E-state index in [1.165, 1.54) is 11.1 Å². The average molecular weight is 708 g/mol. The van der Waals surface area contributed by atoms with Gasteiger partial charge in [0.15, 0.2) is 0 Å². The van der Waals surface area contributed by atoms with Crippen LogP contribution in [0.5, 0.6) is 0 Å². The third kappa shape index (κ3) is 18.5. The molecule has 5 rings (SSSR count). The largest absolute Gasteiger partial charge is 0.673 e. The Balaban J connectivity index is -0.000000231. The van der Waals surface area contributed by atoms with Crippen molar-refractivity contribution in [3.05, 3.63) is 149 Å². The smallest absolute Gasteiger partial charge is 0 e. The second-order valence-corrected chi connectivity index (χ2v) is 10.5. The molecule has 0 heterocycles. The van der Waals surface area contributed by atoms with Gasteiger partial charge in [0.2, 0.25) is 0 Å². The topological polar surface area (TPSA) is 23.8 Å². The van der Waals surface area contributed by atoms with Crippen LogP contribution in [0, 0.1) is 33.1 Å². The van der Waals surface area contributed by atoms with Crippen molar-refractivity contribution < 1.29 is 21.7 Å². The zero-order valence-electron chi connectivity index (χ0n) is 24.0. The Morgan fingerprint density at radius 2 is 1.10 bits per heavy atom. The minimum Gasteiger partial charge on any atom is -0.673 e. The molecule has 0 fully saturated rings. The first-order chi connectivity index (χ1) is 17.1. The van der Waals surface area contributed by atoms with Crippen LogP contribution in [0.2, 0.25) is 20.1 Å². The van der Waals surface area contributed by atoms with Crippen molar-refractivity contribution in [2.75, 3.05) is 0 Å². The van der Waals surface area contributed by atoms with Crippen LogP contribution in [0.1, 0.15) is 51.2 Å².